The van der Waals surface area contributed by atoms with Gasteiger partial charge in [0.1, 0.15) is 6.04 Å². The van der Waals surface area contributed by atoms with E-state index in [1.165, 1.54) is 36.8 Å². The van der Waals surface area contributed by atoms with Crippen LogP contribution >= 0.6 is 0 Å². The molecule has 1 unspecified atom stereocenters. The zero-order valence-electron chi connectivity index (χ0n) is 11.8. The number of hydrogen-bond donors (Lipinski definition) is 1. The summed E-state index contributed by atoms with van der Waals surface area (Å²) in [6.45, 7) is 0. The molecule has 8 heteroatoms. The zero-order valence-corrected chi connectivity index (χ0v) is 11.8. The van der Waals surface area contributed by atoms with E-state index in [2.05, 4.69) is 9.97 Å². The van der Waals surface area contributed by atoms with E-state index < -0.39 is 18.2 Å². The molecule has 1 aliphatic heterocycles. The van der Waals surface area contributed by atoms with Crippen LogP contribution in [-0.4, -0.2) is 33.3 Å². The van der Waals surface area contributed by atoms with Gasteiger partial charge < -0.3 is 10.0 Å². The van der Waals surface area contributed by atoms with Crippen LogP contribution in [0.3, 0.4) is 0 Å². The minimum absolute atomic E-state index is 0.0494. The average Bonchev–Trinajstić information content (AvgIpc) is 2.53. The van der Waals surface area contributed by atoms with Crippen LogP contribution in [0.25, 0.3) is 0 Å². The van der Waals surface area contributed by atoms with Crippen molar-refractivity contribution in [3.05, 3.63) is 47.9 Å². The first kappa shape index (κ1) is 15.3. The molecule has 0 bridgehead atoms. The molecule has 1 aromatic heterocycles. The van der Waals surface area contributed by atoms with Crippen molar-refractivity contribution < 1.29 is 23.1 Å². The topological polar surface area (TPSA) is 66.3 Å². The second-order valence-electron chi connectivity index (χ2n) is 5.18. The normalized spacial score (nSPS) is 17.7. The zero-order chi connectivity index (χ0) is 16.6. The molecule has 23 heavy (non-hydrogen) atoms. The standard InChI is InChI=1S/C15H12F3N3O2/c16-15(17,18)12-4-2-9-7-10(14(22)23)1-3-11(9)21(12)13-8-19-5-6-20-13/h1,3,5-8,12H,2,4H2,(H,22,23). The van der Waals surface area contributed by atoms with E-state index in [9.17, 15) is 18.0 Å². The Kier molecular flexibility index (Phi) is 3.67. The van der Waals surface area contributed by atoms with Crippen LogP contribution in [-0.2, 0) is 6.42 Å². The third-order valence-corrected chi connectivity index (χ3v) is 3.76. The first-order valence-electron chi connectivity index (χ1n) is 6.86. The fraction of sp³-hybridized carbons (Fsp3) is 0.267. The first-order chi connectivity index (χ1) is 10.9. The SMILES string of the molecule is O=C(O)c1ccc2c(c1)CCC(C(F)(F)F)N2c1cnccn1. The van der Waals surface area contributed by atoms with Crippen molar-refractivity contribution in [2.45, 2.75) is 25.1 Å². The summed E-state index contributed by atoms with van der Waals surface area (Å²) in [6.07, 6.45) is -0.486. The second-order valence-corrected chi connectivity index (χ2v) is 5.18. The quantitative estimate of drug-likeness (QED) is 0.919. The third kappa shape index (κ3) is 2.84. The van der Waals surface area contributed by atoms with Gasteiger partial charge in [0, 0.05) is 18.1 Å². The maximum absolute atomic E-state index is 13.4. The van der Waals surface area contributed by atoms with Crippen LogP contribution in [0.2, 0.25) is 0 Å². The molecular weight excluding hydrogens is 311 g/mol. The molecule has 0 fully saturated rings. The molecule has 120 valence electrons. The number of nitrogens with zero attached hydrogens (tertiary/aromatic N) is 3. The fourth-order valence-corrected chi connectivity index (χ4v) is 2.75. The number of hydrogen-bond acceptors (Lipinski definition) is 4. The Hall–Kier alpha value is -2.64. The lowest BCUT2D eigenvalue weighted by Gasteiger charge is -2.38. The highest BCUT2D eigenvalue weighted by Gasteiger charge is 2.46. The molecule has 0 saturated heterocycles. The number of benzene rings is 1. The number of aromatic carboxylic acids is 1. The monoisotopic (exact) mass is 323 g/mol. The van der Waals surface area contributed by atoms with Crippen LogP contribution < -0.4 is 4.90 Å². The number of carboxylic acid groups (broad SMARTS) is 1. The number of carboxylic acids is 1. The van der Waals surface area contributed by atoms with Gasteiger partial charge in [0.2, 0.25) is 0 Å². The number of aromatic nitrogens is 2. The Morgan fingerprint density at radius 3 is 2.70 bits per heavy atom. The summed E-state index contributed by atoms with van der Waals surface area (Å²) in [5.41, 5.74) is 0.911. The number of aryl methyl sites for hydroxylation is 1. The van der Waals surface area contributed by atoms with Crippen molar-refractivity contribution >= 4 is 17.5 Å². The van der Waals surface area contributed by atoms with Crippen molar-refractivity contribution in [2.75, 3.05) is 4.90 Å². The van der Waals surface area contributed by atoms with Gasteiger partial charge in [-0.15, -0.1) is 0 Å². The Labute approximate surface area is 129 Å². The summed E-state index contributed by atoms with van der Waals surface area (Å²) < 4.78 is 40.2. The first-order valence-corrected chi connectivity index (χ1v) is 6.86. The van der Waals surface area contributed by atoms with E-state index in [-0.39, 0.29) is 24.2 Å². The summed E-state index contributed by atoms with van der Waals surface area (Å²) in [5, 5.41) is 9.03. The summed E-state index contributed by atoms with van der Waals surface area (Å²) in [7, 11) is 0. The highest BCUT2D eigenvalue weighted by Crippen LogP contribution is 2.42. The van der Waals surface area contributed by atoms with Crippen LogP contribution in [0.5, 0.6) is 0 Å². The Morgan fingerprint density at radius 1 is 1.30 bits per heavy atom. The minimum Gasteiger partial charge on any atom is -0.478 e. The predicted molar refractivity (Wildman–Crippen MR) is 75.7 cm³/mol. The molecule has 1 aromatic carbocycles. The lowest BCUT2D eigenvalue weighted by Crippen LogP contribution is -2.46. The van der Waals surface area contributed by atoms with Crippen LogP contribution in [0.1, 0.15) is 22.3 Å². The maximum atomic E-state index is 13.4. The lowest BCUT2D eigenvalue weighted by atomic mass is 9.93. The number of anilines is 2. The van der Waals surface area contributed by atoms with Crippen LogP contribution in [0, 0.1) is 0 Å². The Bertz CT molecular complexity index is 734. The van der Waals surface area contributed by atoms with E-state index >= 15 is 0 Å². The molecule has 0 saturated carbocycles. The van der Waals surface area contributed by atoms with Crippen LogP contribution in [0.15, 0.2) is 36.8 Å². The Morgan fingerprint density at radius 2 is 2.09 bits per heavy atom. The molecule has 0 aliphatic carbocycles. The predicted octanol–water partition coefficient (Wildman–Crippen LogP) is 3.19. The average molecular weight is 323 g/mol. The number of carbonyl (C=O) groups is 1. The highest BCUT2D eigenvalue weighted by molar-refractivity contribution is 5.89. The van der Waals surface area contributed by atoms with Crippen molar-refractivity contribution in [2.24, 2.45) is 0 Å². The summed E-state index contributed by atoms with van der Waals surface area (Å²) >= 11 is 0. The van der Waals surface area contributed by atoms with Gasteiger partial charge in [0.15, 0.2) is 5.82 Å². The van der Waals surface area contributed by atoms with Gasteiger partial charge in [-0.2, -0.15) is 13.2 Å². The largest absolute Gasteiger partial charge is 0.478 e. The van der Waals surface area contributed by atoms with Gasteiger partial charge in [-0.1, -0.05) is 0 Å². The van der Waals surface area contributed by atoms with Gasteiger partial charge in [0.05, 0.1) is 11.8 Å². The smallest absolute Gasteiger partial charge is 0.409 e. The second kappa shape index (κ2) is 5.53. The Balaban J connectivity index is 2.13. The third-order valence-electron chi connectivity index (χ3n) is 3.76. The summed E-state index contributed by atoms with van der Waals surface area (Å²) in [6, 6.07) is 2.38. The van der Waals surface area contributed by atoms with Crippen molar-refractivity contribution in [3.63, 3.8) is 0 Å². The van der Waals surface area contributed by atoms with Gasteiger partial charge in [-0.25, -0.2) is 9.78 Å². The van der Waals surface area contributed by atoms with Crippen molar-refractivity contribution in [1.29, 1.82) is 0 Å². The molecule has 1 N–H and O–H groups in total. The number of fused-ring (bicyclic) bond motifs is 1. The molecule has 1 atom stereocenters. The molecule has 0 amide bonds. The molecule has 1 aliphatic rings. The van der Waals surface area contributed by atoms with E-state index in [0.29, 0.717) is 11.3 Å². The molecule has 3 rings (SSSR count). The maximum Gasteiger partial charge on any atom is 0.409 e. The fourth-order valence-electron chi connectivity index (χ4n) is 2.75. The van der Waals surface area contributed by atoms with E-state index in [0.717, 1.165) is 4.90 Å². The summed E-state index contributed by atoms with van der Waals surface area (Å²) in [4.78, 5) is 19.9. The van der Waals surface area contributed by atoms with Gasteiger partial charge >= 0.3 is 12.1 Å². The van der Waals surface area contributed by atoms with Crippen molar-refractivity contribution in [1.82, 2.24) is 9.97 Å². The molecule has 0 spiro atoms. The van der Waals surface area contributed by atoms with E-state index in [4.69, 9.17) is 5.11 Å². The highest BCUT2D eigenvalue weighted by atomic mass is 19.4. The number of rotatable bonds is 2. The molecule has 2 aromatic rings. The van der Waals surface area contributed by atoms with E-state index in [1.807, 2.05) is 0 Å². The van der Waals surface area contributed by atoms with Crippen molar-refractivity contribution in [3.8, 4) is 0 Å². The number of alkyl halides is 3. The molecule has 5 nitrogen and oxygen atoms in total. The molecule has 0 radical (unpaired) electrons. The van der Waals surface area contributed by atoms with Crippen LogP contribution in [0.4, 0.5) is 24.7 Å². The van der Waals surface area contributed by atoms with Gasteiger partial charge in [0.25, 0.3) is 0 Å². The van der Waals surface area contributed by atoms with Gasteiger partial charge in [-0.3, -0.25) is 4.98 Å². The van der Waals surface area contributed by atoms with E-state index in [1.54, 1.807) is 0 Å². The number of halogens is 3. The van der Waals surface area contributed by atoms with Gasteiger partial charge in [-0.05, 0) is 36.6 Å². The lowest BCUT2D eigenvalue weighted by molar-refractivity contribution is -0.149. The minimum atomic E-state index is -4.43. The molecular formula is C15H12F3N3O2. The molecule has 2 heterocycles. The summed E-state index contributed by atoms with van der Waals surface area (Å²) in [5.74, 6) is -1.03.